The second-order valence-electron chi connectivity index (χ2n) is 4.47. The third-order valence-electron chi connectivity index (χ3n) is 2.73. The predicted octanol–water partition coefficient (Wildman–Crippen LogP) is -0.157. The van der Waals surface area contributed by atoms with Crippen LogP contribution in [-0.2, 0) is 20.2 Å². The second-order valence-corrected chi connectivity index (χ2v) is 7.28. The van der Waals surface area contributed by atoms with Gasteiger partial charge in [-0.2, -0.15) is 21.8 Å². The van der Waals surface area contributed by atoms with Crippen molar-refractivity contribution in [2.75, 3.05) is 11.5 Å². The number of hydrogen-bond acceptors (Lipinski definition) is 10. The summed E-state index contributed by atoms with van der Waals surface area (Å²) in [7, 11) is -9.47. The molecule has 134 valence electrons. The quantitative estimate of drug-likeness (QED) is 0.342. The lowest BCUT2D eigenvalue weighted by molar-refractivity contribution is 0.478. The van der Waals surface area contributed by atoms with Crippen LogP contribution in [0.1, 0.15) is 0 Å². The van der Waals surface area contributed by atoms with E-state index >= 15 is 0 Å². The van der Waals surface area contributed by atoms with Gasteiger partial charge in [-0.15, -0.1) is 10.2 Å². The van der Waals surface area contributed by atoms with Gasteiger partial charge in [-0.05, 0) is 18.2 Å². The highest BCUT2D eigenvalue weighted by molar-refractivity contribution is 7.86. The summed E-state index contributed by atoms with van der Waals surface area (Å²) in [6, 6.07) is 2.08. The first-order chi connectivity index (χ1) is 11.4. The van der Waals surface area contributed by atoms with Crippen molar-refractivity contribution in [1.82, 2.24) is 9.97 Å². The number of nitrogens with one attached hydrogen (secondary N) is 1. The molecule has 0 atom stereocenters. The predicted molar refractivity (Wildman–Crippen MR) is 83.9 cm³/mol. The largest absolute Gasteiger partial charge is 0.383 e. The summed E-state index contributed by atoms with van der Waals surface area (Å²) in [5.74, 6) is -0.759. The van der Waals surface area contributed by atoms with Crippen LogP contribution in [0.4, 0.5) is 23.0 Å². The summed E-state index contributed by atoms with van der Waals surface area (Å²) in [4.78, 5) is 15.0. The van der Waals surface area contributed by atoms with Crippen LogP contribution in [-0.4, -0.2) is 35.9 Å². The van der Waals surface area contributed by atoms with Gasteiger partial charge in [0.05, 0.1) is 4.90 Å². The topological polar surface area (TPSA) is 231 Å². The number of hydrogen-bond donors (Lipinski definition) is 5. The average molecular weight is 390 g/mol. The van der Waals surface area contributed by atoms with Crippen molar-refractivity contribution in [1.29, 1.82) is 0 Å². The highest BCUT2D eigenvalue weighted by Gasteiger charge is 2.20. The van der Waals surface area contributed by atoms with Gasteiger partial charge in [-0.1, -0.05) is 0 Å². The average Bonchev–Trinajstić information content (AvgIpc) is 2.43. The Bertz CT molecular complexity index is 1110. The van der Waals surface area contributed by atoms with E-state index in [1.54, 1.807) is 0 Å². The standard InChI is InChI=1S/C10H10N6O7S2/c11-8-7(9(12)14-10(17)13-8)16-15-5-3-4(24(18,19)20)1-2-6(5)25(21,22)23/h1-3H,(H,18,19,20)(H,21,22,23)(H5,11,12,13,14,17). The zero-order valence-electron chi connectivity index (χ0n) is 12.0. The zero-order chi connectivity index (χ0) is 19.0. The van der Waals surface area contributed by atoms with E-state index in [2.05, 4.69) is 20.2 Å². The molecule has 0 spiro atoms. The fourth-order valence-electron chi connectivity index (χ4n) is 1.67. The Morgan fingerprint density at radius 3 is 2.20 bits per heavy atom. The number of rotatable bonds is 4. The molecule has 0 amide bonds. The van der Waals surface area contributed by atoms with Gasteiger partial charge in [0, 0.05) is 0 Å². The van der Waals surface area contributed by atoms with Crippen molar-refractivity contribution in [3.05, 3.63) is 28.7 Å². The molecule has 0 aliphatic carbocycles. The Labute approximate surface area is 139 Å². The van der Waals surface area contributed by atoms with Gasteiger partial charge in [-0.3, -0.25) is 14.1 Å². The minimum Gasteiger partial charge on any atom is -0.383 e. The molecule has 0 radical (unpaired) electrons. The van der Waals surface area contributed by atoms with Gasteiger partial charge in [-0.25, -0.2) is 4.79 Å². The molecular formula is C10H10N6O7S2. The fraction of sp³-hybridized carbons (Fsp3) is 0. The zero-order valence-corrected chi connectivity index (χ0v) is 13.6. The third kappa shape index (κ3) is 4.15. The Kier molecular flexibility index (Phi) is 4.58. The molecule has 2 rings (SSSR count). The fourth-order valence-corrected chi connectivity index (χ4v) is 2.77. The maximum absolute atomic E-state index is 11.3. The van der Waals surface area contributed by atoms with Gasteiger partial charge >= 0.3 is 5.69 Å². The molecule has 13 nitrogen and oxygen atoms in total. The number of benzene rings is 1. The maximum atomic E-state index is 11.3. The van der Waals surface area contributed by atoms with E-state index in [0.29, 0.717) is 12.1 Å². The molecule has 1 aromatic carbocycles. The number of aromatic nitrogens is 2. The van der Waals surface area contributed by atoms with Crippen LogP contribution in [0.3, 0.4) is 0 Å². The van der Waals surface area contributed by atoms with Crippen molar-refractivity contribution in [2.24, 2.45) is 10.2 Å². The monoisotopic (exact) mass is 390 g/mol. The van der Waals surface area contributed by atoms with E-state index in [0.717, 1.165) is 6.07 Å². The van der Waals surface area contributed by atoms with Crippen molar-refractivity contribution in [3.63, 3.8) is 0 Å². The van der Waals surface area contributed by atoms with E-state index in [1.165, 1.54) is 0 Å². The van der Waals surface area contributed by atoms with Crippen LogP contribution < -0.4 is 17.2 Å². The first kappa shape index (κ1) is 18.5. The SMILES string of the molecule is Nc1nc(=O)[nH]c(N)c1N=Nc1cc(S(=O)(=O)O)ccc1S(=O)(=O)O. The van der Waals surface area contributed by atoms with Gasteiger partial charge < -0.3 is 11.5 Å². The van der Waals surface area contributed by atoms with Gasteiger partial charge in [0.2, 0.25) is 0 Å². The highest BCUT2D eigenvalue weighted by atomic mass is 32.2. The Hall–Kier alpha value is -2.88. The van der Waals surface area contributed by atoms with Gasteiger partial charge in [0.15, 0.2) is 11.5 Å². The first-order valence-electron chi connectivity index (χ1n) is 6.05. The number of anilines is 2. The molecular weight excluding hydrogens is 380 g/mol. The Balaban J connectivity index is 2.67. The normalized spacial score (nSPS) is 12.6. The summed E-state index contributed by atoms with van der Waals surface area (Å²) >= 11 is 0. The number of H-pyrrole nitrogens is 1. The first-order valence-corrected chi connectivity index (χ1v) is 8.93. The van der Waals surface area contributed by atoms with Crippen molar-refractivity contribution >= 4 is 43.2 Å². The van der Waals surface area contributed by atoms with Crippen LogP contribution in [0.15, 0.2) is 43.0 Å². The molecule has 25 heavy (non-hydrogen) atoms. The molecule has 0 aliphatic rings. The van der Waals surface area contributed by atoms with Crippen LogP contribution in [0.25, 0.3) is 0 Å². The van der Waals surface area contributed by atoms with Gasteiger partial charge in [0.1, 0.15) is 16.4 Å². The summed E-state index contributed by atoms with van der Waals surface area (Å²) in [6.07, 6.45) is 0. The highest BCUT2D eigenvalue weighted by Crippen LogP contribution is 2.31. The molecule has 0 saturated heterocycles. The maximum Gasteiger partial charge on any atom is 0.348 e. The third-order valence-corrected chi connectivity index (χ3v) is 4.48. The summed E-state index contributed by atoms with van der Waals surface area (Å²) in [5.41, 5.74) is 9.10. The minimum absolute atomic E-state index is 0.321. The van der Waals surface area contributed by atoms with Crippen LogP contribution in [0.2, 0.25) is 0 Å². The summed E-state index contributed by atoms with van der Waals surface area (Å²) < 4.78 is 63.1. The number of nitrogens with two attached hydrogens (primary N) is 2. The van der Waals surface area contributed by atoms with E-state index in [9.17, 15) is 21.6 Å². The van der Waals surface area contributed by atoms with Gasteiger partial charge in [0.25, 0.3) is 20.2 Å². The molecule has 0 aliphatic heterocycles. The van der Waals surface area contributed by atoms with Crippen LogP contribution >= 0.6 is 0 Å². The molecule has 15 heteroatoms. The second kappa shape index (κ2) is 6.20. The van der Waals surface area contributed by atoms with Crippen molar-refractivity contribution < 1.29 is 25.9 Å². The molecule has 1 heterocycles. The van der Waals surface area contributed by atoms with Crippen molar-refractivity contribution in [2.45, 2.75) is 9.79 Å². The van der Waals surface area contributed by atoms with Crippen LogP contribution in [0, 0.1) is 0 Å². The summed E-state index contributed by atoms with van der Waals surface area (Å²) in [6.45, 7) is 0. The lowest BCUT2D eigenvalue weighted by Crippen LogP contribution is -2.14. The molecule has 1 aromatic heterocycles. The smallest absolute Gasteiger partial charge is 0.348 e. The van der Waals surface area contributed by atoms with Crippen LogP contribution in [0.5, 0.6) is 0 Å². The molecule has 2 aromatic rings. The lowest BCUT2D eigenvalue weighted by Gasteiger charge is -2.05. The number of aromatic amines is 1. The molecule has 7 N–H and O–H groups in total. The van der Waals surface area contributed by atoms with E-state index in [4.69, 9.17) is 20.6 Å². The Morgan fingerprint density at radius 1 is 1.04 bits per heavy atom. The van der Waals surface area contributed by atoms with E-state index in [1.807, 2.05) is 0 Å². The number of nitrogens with zero attached hydrogens (tertiary/aromatic N) is 3. The number of nitrogen functional groups attached to an aromatic ring is 2. The van der Waals surface area contributed by atoms with E-state index in [-0.39, 0.29) is 11.5 Å². The summed E-state index contributed by atoms with van der Waals surface area (Å²) in [5, 5.41) is 6.96. The Morgan fingerprint density at radius 2 is 1.68 bits per heavy atom. The lowest BCUT2D eigenvalue weighted by atomic mass is 10.3. The molecule has 0 unspecified atom stereocenters. The number of azo groups is 1. The molecule has 0 fully saturated rings. The molecule has 0 saturated carbocycles. The van der Waals surface area contributed by atoms with E-state index < -0.39 is 47.2 Å². The minimum atomic E-state index is -4.79. The van der Waals surface area contributed by atoms with Crippen molar-refractivity contribution in [3.8, 4) is 0 Å². The molecule has 0 bridgehead atoms.